The molecule has 0 unspecified atom stereocenters. The van der Waals surface area contributed by atoms with E-state index in [1.807, 2.05) is 13.8 Å². The zero-order valence-corrected chi connectivity index (χ0v) is 19.0. The predicted molar refractivity (Wildman–Crippen MR) is 128 cm³/mol. The first-order valence-corrected chi connectivity index (χ1v) is 10.5. The topological polar surface area (TPSA) is 83.4 Å². The minimum atomic E-state index is -0.511. The minimum Gasteiger partial charge on any atom is -0.451 e. The Morgan fingerprint density at radius 3 is 2.23 bits per heavy atom. The number of amides is 2. The van der Waals surface area contributed by atoms with Gasteiger partial charge in [0.05, 0.1) is 10.0 Å². The third kappa shape index (κ3) is 5.85. The summed E-state index contributed by atoms with van der Waals surface area (Å²) in [6.45, 7) is 3.63. The molecule has 0 saturated carbocycles. The van der Waals surface area contributed by atoms with Gasteiger partial charge in [0.2, 0.25) is 5.91 Å². The van der Waals surface area contributed by atoms with Gasteiger partial charge < -0.3 is 15.1 Å². The smallest absolute Gasteiger partial charge is 0.293 e. The molecular weight excluding hydrogens is 457 g/mol. The number of carbonyl (C=O) groups excluding carboxylic acids is 2. The molecule has 0 aliphatic heterocycles. The molecular formula is C22H19Cl2N3O3S. The molecule has 3 aromatic rings. The van der Waals surface area contributed by atoms with Gasteiger partial charge in [0, 0.05) is 22.9 Å². The first-order valence-electron chi connectivity index (χ1n) is 9.32. The molecule has 0 spiro atoms. The maximum Gasteiger partial charge on any atom is 0.293 e. The normalized spacial score (nSPS) is 10.6. The van der Waals surface area contributed by atoms with Gasteiger partial charge in [-0.15, -0.1) is 0 Å². The van der Waals surface area contributed by atoms with Crippen molar-refractivity contribution < 1.29 is 14.0 Å². The van der Waals surface area contributed by atoms with Crippen LogP contribution in [0.2, 0.25) is 10.0 Å². The molecule has 0 aliphatic carbocycles. The molecule has 0 fully saturated rings. The Morgan fingerprint density at radius 1 is 0.935 bits per heavy atom. The van der Waals surface area contributed by atoms with Crippen molar-refractivity contribution in [2.45, 2.75) is 13.8 Å². The van der Waals surface area contributed by atoms with Gasteiger partial charge in [-0.1, -0.05) is 43.1 Å². The maximum absolute atomic E-state index is 12.4. The second-order valence-electron chi connectivity index (χ2n) is 6.89. The van der Waals surface area contributed by atoms with Crippen LogP contribution >= 0.6 is 35.4 Å². The van der Waals surface area contributed by atoms with E-state index in [0.717, 1.165) is 0 Å². The number of nitrogens with one attached hydrogen (secondary N) is 3. The molecule has 31 heavy (non-hydrogen) atoms. The van der Waals surface area contributed by atoms with E-state index in [2.05, 4.69) is 16.0 Å². The average Bonchev–Trinajstić information content (AvgIpc) is 3.21. The maximum atomic E-state index is 12.4. The molecule has 0 bridgehead atoms. The fourth-order valence-corrected chi connectivity index (χ4v) is 3.15. The van der Waals surface area contributed by atoms with Crippen LogP contribution < -0.4 is 16.0 Å². The van der Waals surface area contributed by atoms with E-state index >= 15 is 0 Å². The molecule has 3 N–H and O–H groups in total. The first-order chi connectivity index (χ1) is 14.7. The molecule has 1 aromatic heterocycles. The summed E-state index contributed by atoms with van der Waals surface area (Å²) in [6, 6.07) is 15.3. The molecule has 0 atom stereocenters. The van der Waals surface area contributed by atoms with Gasteiger partial charge in [-0.05, 0) is 60.7 Å². The third-order valence-corrected chi connectivity index (χ3v) is 5.23. The van der Waals surface area contributed by atoms with E-state index in [0.29, 0.717) is 32.7 Å². The van der Waals surface area contributed by atoms with E-state index in [1.54, 1.807) is 48.5 Å². The highest BCUT2D eigenvalue weighted by Gasteiger charge is 2.16. The molecule has 9 heteroatoms. The van der Waals surface area contributed by atoms with Gasteiger partial charge in [-0.3, -0.25) is 14.9 Å². The van der Waals surface area contributed by atoms with E-state index in [1.165, 1.54) is 6.07 Å². The van der Waals surface area contributed by atoms with E-state index in [-0.39, 0.29) is 22.7 Å². The summed E-state index contributed by atoms with van der Waals surface area (Å²) in [5.41, 5.74) is 1.90. The molecule has 6 nitrogen and oxygen atoms in total. The molecule has 1 heterocycles. The second kappa shape index (κ2) is 9.96. The van der Waals surface area contributed by atoms with E-state index in [4.69, 9.17) is 39.8 Å². The summed E-state index contributed by atoms with van der Waals surface area (Å²) in [4.78, 5) is 24.2. The Balaban J connectivity index is 1.60. The summed E-state index contributed by atoms with van der Waals surface area (Å²) in [6.07, 6.45) is 0. The van der Waals surface area contributed by atoms with E-state index < -0.39 is 5.91 Å². The monoisotopic (exact) mass is 475 g/mol. The van der Waals surface area contributed by atoms with Gasteiger partial charge in [0.25, 0.3) is 5.91 Å². The number of thiocarbonyl (C=S) groups is 1. The van der Waals surface area contributed by atoms with Crippen LogP contribution in [0.15, 0.2) is 59.0 Å². The molecule has 2 amide bonds. The fourth-order valence-electron chi connectivity index (χ4n) is 2.55. The van der Waals surface area contributed by atoms with Crippen molar-refractivity contribution in [2.24, 2.45) is 5.92 Å². The van der Waals surface area contributed by atoms with Crippen LogP contribution in [0.5, 0.6) is 0 Å². The van der Waals surface area contributed by atoms with Crippen LogP contribution in [0.4, 0.5) is 11.4 Å². The first kappa shape index (κ1) is 22.8. The summed E-state index contributed by atoms with van der Waals surface area (Å²) in [5.74, 6) is -0.210. The summed E-state index contributed by atoms with van der Waals surface area (Å²) in [5, 5.41) is 9.10. The van der Waals surface area contributed by atoms with Crippen molar-refractivity contribution in [2.75, 3.05) is 10.6 Å². The SMILES string of the molecule is CC(C)C(=O)Nc1ccc(NC(=S)NC(=O)c2ccc(-c3cccc(Cl)c3Cl)o2)cc1. The fraction of sp³-hybridized carbons (Fsp3) is 0.136. The Hall–Kier alpha value is -2.87. The molecule has 2 aromatic carbocycles. The van der Waals surface area contributed by atoms with Crippen LogP contribution in [-0.4, -0.2) is 16.9 Å². The van der Waals surface area contributed by atoms with Crippen molar-refractivity contribution >= 4 is 63.7 Å². The van der Waals surface area contributed by atoms with Gasteiger partial charge in [-0.25, -0.2) is 0 Å². The summed E-state index contributed by atoms with van der Waals surface area (Å²) < 4.78 is 5.61. The Kier molecular flexibility index (Phi) is 7.33. The van der Waals surface area contributed by atoms with Crippen molar-refractivity contribution in [1.29, 1.82) is 0 Å². The zero-order chi connectivity index (χ0) is 22.5. The standard InChI is InChI=1S/C22H19Cl2N3O3S/c1-12(2)20(28)25-13-6-8-14(9-7-13)26-22(31)27-21(29)18-11-10-17(30-18)15-4-3-5-16(23)19(15)24/h3-12H,1-2H3,(H,25,28)(H2,26,27,29,31). The number of hydrogen-bond acceptors (Lipinski definition) is 4. The number of halogens is 2. The lowest BCUT2D eigenvalue weighted by atomic mass is 10.2. The Labute approximate surface area is 194 Å². The zero-order valence-electron chi connectivity index (χ0n) is 16.7. The van der Waals surface area contributed by atoms with Crippen molar-refractivity contribution in [3.8, 4) is 11.3 Å². The average molecular weight is 476 g/mol. The molecule has 3 rings (SSSR count). The number of anilines is 2. The van der Waals surface area contributed by atoms with Crippen molar-refractivity contribution in [3.63, 3.8) is 0 Å². The molecule has 160 valence electrons. The van der Waals surface area contributed by atoms with Gasteiger partial charge in [0.1, 0.15) is 5.76 Å². The highest BCUT2D eigenvalue weighted by atomic mass is 35.5. The number of benzene rings is 2. The number of furan rings is 1. The summed E-state index contributed by atoms with van der Waals surface area (Å²) >= 11 is 17.4. The molecule has 0 aliphatic rings. The number of rotatable bonds is 5. The highest BCUT2D eigenvalue weighted by molar-refractivity contribution is 7.80. The van der Waals surface area contributed by atoms with Crippen molar-refractivity contribution in [1.82, 2.24) is 5.32 Å². The lowest BCUT2D eigenvalue weighted by Crippen LogP contribution is -2.33. The van der Waals surface area contributed by atoms with Crippen LogP contribution in [0.25, 0.3) is 11.3 Å². The van der Waals surface area contributed by atoms with Crippen LogP contribution in [0.1, 0.15) is 24.4 Å². The Morgan fingerprint density at radius 2 is 1.58 bits per heavy atom. The third-order valence-electron chi connectivity index (χ3n) is 4.21. The van der Waals surface area contributed by atoms with Crippen LogP contribution in [-0.2, 0) is 4.79 Å². The van der Waals surface area contributed by atoms with Crippen LogP contribution in [0, 0.1) is 5.92 Å². The van der Waals surface area contributed by atoms with Gasteiger partial charge in [-0.2, -0.15) is 0 Å². The van der Waals surface area contributed by atoms with Gasteiger partial charge >= 0.3 is 0 Å². The lowest BCUT2D eigenvalue weighted by molar-refractivity contribution is -0.118. The lowest BCUT2D eigenvalue weighted by Gasteiger charge is -2.11. The molecule has 0 saturated heterocycles. The number of hydrogen-bond donors (Lipinski definition) is 3. The van der Waals surface area contributed by atoms with Crippen LogP contribution in [0.3, 0.4) is 0 Å². The van der Waals surface area contributed by atoms with E-state index in [9.17, 15) is 9.59 Å². The predicted octanol–water partition coefficient (Wildman–Crippen LogP) is 5.97. The van der Waals surface area contributed by atoms with Crippen molar-refractivity contribution in [3.05, 3.63) is 70.4 Å². The van der Waals surface area contributed by atoms with Gasteiger partial charge in [0.15, 0.2) is 10.9 Å². The highest BCUT2D eigenvalue weighted by Crippen LogP contribution is 2.34. The summed E-state index contributed by atoms with van der Waals surface area (Å²) in [7, 11) is 0. The number of carbonyl (C=O) groups is 2. The largest absolute Gasteiger partial charge is 0.451 e. The minimum absolute atomic E-state index is 0.0691. The quantitative estimate of drug-likeness (QED) is 0.395. The molecule has 0 radical (unpaired) electrons. The Bertz CT molecular complexity index is 1130. The second-order valence-corrected chi connectivity index (χ2v) is 8.09.